The number of halogens is 1. The van der Waals surface area contributed by atoms with Crippen molar-refractivity contribution in [2.75, 3.05) is 0 Å². The first-order valence-corrected chi connectivity index (χ1v) is 4.07. The molecule has 1 aromatic rings. The zero-order chi connectivity index (χ0) is 9.84. The Bertz CT molecular complexity index is 334. The Morgan fingerprint density at radius 3 is 2.69 bits per heavy atom. The molecule has 0 aromatic heterocycles. The maximum absolute atomic E-state index is 12.9. The Hall–Kier alpha value is -1.23. The number of rotatable bonds is 2. The van der Waals surface area contributed by atoms with Gasteiger partial charge in [-0.15, -0.1) is 12.6 Å². The smallest absolute Gasteiger partial charge is 0.186 e. The van der Waals surface area contributed by atoms with E-state index in [0.717, 1.165) is 0 Å². The maximum Gasteiger partial charge on any atom is 0.186 e. The summed E-state index contributed by atoms with van der Waals surface area (Å²) in [5.74, 6) is -0.373. The first kappa shape index (κ1) is 9.85. The summed E-state index contributed by atoms with van der Waals surface area (Å²) in [4.78, 5) is 4.06. The lowest BCUT2D eigenvalue weighted by Crippen LogP contribution is -2.22. The summed E-state index contributed by atoms with van der Waals surface area (Å²) >= 11 is 3.89. The fraction of sp³-hybridized carbons (Fsp3) is 0.125. The molecule has 13 heavy (non-hydrogen) atoms. The van der Waals surface area contributed by atoms with E-state index in [1.54, 1.807) is 12.1 Å². The third kappa shape index (κ3) is 2.95. The van der Waals surface area contributed by atoms with Crippen LogP contribution < -0.4 is 11.5 Å². The minimum Gasteiger partial charge on any atom is -0.370 e. The van der Waals surface area contributed by atoms with Crippen molar-refractivity contribution in [2.24, 2.45) is 16.5 Å². The van der Waals surface area contributed by atoms with Crippen LogP contribution in [0, 0.1) is 5.82 Å². The highest BCUT2D eigenvalue weighted by molar-refractivity contribution is 7.80. The standard InChI is InChI=1S/C8H10FN3S/c9-6-3-5(1-2-7(6)13)4-12-8(10)11/h1-3,13H,4H2,(H4,10,11,12). The second-order valence-corrected chi connectivity index (χ2v) is 3.01. The van der Waals surface area contributed by atoms with Crippen molar-refractivity contribution in [1.82, 2.24) is 0 Å². The first-order chi connectivity index (χ1) is 6.09. The highest BCUT2D eigenvalue weighted by Crippen LogP contribution is 2.14. The first-order valence-electron chi connectivity index (χ1n) is 3.62. The van der Waals surface area contributed by atoms with Gasteiger partial charge in [0.25, 0.3) is 0 Å². The Labute approximate surface area is 81.1 Å². The van der Waals surface area contributed by atoms with Crippen molar-refractivity contribution in [2.45, 2.75) is 11.4 Å². The zero-order valence-corrected chi connectivity index (χ0v) is 7.76. The lowest BCUT2D eigenvalue weighted by molar-refractivity contribution is 0.600. The SMILES string of the molecule is NC(N)=NCc1ccc(S)c(F)c1. The van der Waals surface area contributed by atoms with Crippen molar-refractivity contribution >= 4 is 18.6 Å². The number of benzene rings is 1. The van der Waals surface area contributed by atoms with Crippen LogP contribution in [-0.4, -0.2) is 5.96 Å². The van der Waals surface area contributed by atoms with E-state index in [1.807, 2.05) is 0 Å². The summed E-state index contributed by atoms with van der Waals surface area (Å²) in [6, 6.07) is 4.64. The van der Waals surface area contributed by atoms with Crippen LogP contribution in [-0.2, 0) is 6.54 Å². The minimum absolute atomic E-state index is 0.00430. The van der Waals surface area contributed by atoms with Gasteiger partial charge in [0.2, 0.25) is 0 Å². The third-order valence-corrected chi connectivity index (χ3v) is 1.82. The molecule has 0 saturated carbocycles. The van der Waals surface area contributed by atoms with Crippen LogP contribution in [0.2, 0.25) is 0 Å². The summed E-state index contributed by atoms with van der Waals surface area (Å²) in [7, 11) is 0. The molecule has 0 amide bonds. The molecular weight excluding hydrogens is 189 g/mol. The van der Waals surface area contributed by atoms with Crippen molar-refractivity contribution in [1.29, 1.82) is 0 Å². The topological polar surface area (TPSA) is 64.4 Å². The predicted octanol–water partition coefficient (Wildman–Crippen LogP) is 0.888. The van der Waals surface area contributed by atoms with Gasteiger partial charge in [-0.3, -0.25) is 0 Å². The molecule has 1 rings (SSSR count). The molecule has 5 heteroatoms. The molecule has 70 valence electrons. The lowest BCUT2D eigenvalue weighted by atomic mass is 10.2. The van der Waals surface area contributed by atoms with Gasteiger partial charge in [-0.2, -0.15) is 0 Å². The van der Waals surface area contributed by atoms with Gasteiger partial charge in [-0.1, -0.05) is 6.07 Å². The summed E-state index contributed by atoms with van der Waals surface area (Å²) in [5.41, 5.74) is 11.0. The van der Waals surface area contributed by atoms with Crippen LogP contribution >= 0.6 is 12.6 Å². The second kappa shape index (κ2) is 4.13. The summed E-state index contributed by atoms with van der Waals surface area (Å²) in [5, 5.41) is 0. The molecule has 0 aliphatic carbocycles. The second-order valence-electron chi connectivity index (χ2n) is 2.53. The van der Waals surface area contributed by atoms with Gasteiger partial charge in [-0.25, -0.2) is 9.38 Å². The summed E-state index contributed by atoms with van der Waals surface area (Å²) in [6.45, 7) is 0.285. The number of guanidine groups is 1. The average molecular weight is 199 g/mol. The van der Waals surface area contributed by atoms with E-state index in [0.29, 0.717) is 10.5 Å². The molecule has 4 N–H and O–H groups in total. The molecule has 0 unspecified atom stereocenters. The van der Waals surface area contributed by atoms with Crippen molar-refractivity contribution < 1.29 is 4.39 Å². The normalized spacial score (nSPS) is 9.69. The number of nitrogens with two attached hydrogens (primary N) is 2. The quantitative estimate of drug-likeness (QED) is 0.376. The molecule has 0 heterocycles. The van der Waals surface area contributed by atoms with E-state index in [4.69, 9.17) is 11.5 Å². The molecule has 3 nitrogen and oxygen atoms in total. The Morgan fingerprint density at radius 1 is 1.46 bits per heavy atom. The zero-order valence-electron chi connectivity index (χ0n) is 6.87. The largest absolute Gasteiger partial charge is 0.370 e. The van der Waals surface area contributed by atoms with Crippen LogP contribution in [0.15, 0.2) is 28.1 Å². The third-order valence-electron chi connectivity index (χ3n) is 1.46. The number of aliphatic imine (C=N–C) groups is 1. The minimum atomic E-state index is -0.369. The molecule has 1 aromatic carbocycles. The van der Waals surface area contributed by atoms with Crippen LogP contribution in [0.3, 0.4) is 0 Å². The van der Waals surface area contributed by atoms with Crippen molar-refractivity contribution in [3.05, 3.63) is 29.6 Å². The van der Waals surface area contributed by atoms with Crippen LogP contribution in [0.25, 0.3) is 0 Å². The van der Waals surface area contributed by atoms with Crippen LogP contribution in [0.4, 0.5) is 4.39 Å². The van der Waals surface area contributed by atoms with Gasteiger partial charge in [-0.05, 0) is 17.7 Å². The van der Waals surface area contributed by atoms with Crippen molar-refractivity contribution in [3.8, 4) is 0 Å². The molecule has 0 saturated heterocycles. The lowest BCUT2D eigenvalue weighted by Gasteiger charge is -1.99. The molecule has 0 bridgehead atoms. The molecule has 0 aliphatic rings. The molecule has 0 atom stereocenters. The van der Waals surface area contributed by atoms with Gasteiger partial charge in [0.1, 0.15) is 5.82 Å². The van der Waals surface area contributed by atoms with Gasteiger partial charge in [0, 0.05) is 4.90 Å². The summed E-state index contributed by atoms with van der Waals surface area (Å²) in [6.07, 6.45) is 0. The molecule has 0 spiro atoms. The predicted molar refractivity (Wildman–Crippen MR) is 53.2 cm³/mol. The van der Waals surface area contributed by atoms with E-state index >= 15 is 0 Å². The van der Waals surface area contributed by atoms with E-state index in [2.05, 4.69) is 17.6 Å². The number of thiol groups is 1. The van der Waals surface area contributed by atoms with E-state index in [9.17, 15) is 4.39 Å². The Morgan fingerprint density at radius 2 is 2.15 bits per heavy atom. The van der Waals surface area contributed by atoms with Crippen LogP contribution in [0.5, 0.6) is 0 Å². The number of hydrogen-bond acceptors (Lipinski definition) is 2. The van der Waals surface area contributed by atoms with Gasteiger partial charge in [0.05, 0.1) is 6.54 Å². The highest BCUT2D eigenvalue weighted by Gasteiger charge is 1.98. The van der Waals surface area contributed by atoms with E-state index in [-0.39, 0.29) is 18.3 Å². The van der Waals surface area contributed by atoms with Gasteiger partial charge < -0.3 is 11.5 Å². The van der Waals surface area contributed by atoms with E-state index in [1.165, 1.54) is 6.07 Å². The maximum atomic E-state index is 12.9. The summed E-state index contributed by atoms with van der Waals surface area (Å²) < 4.78 is 12.9. The fourth-order valence-electron chi connectivity index (χ4n) is 0.831. The van der Waals surface area contributed by atoms with E-state index < -0.39 is 0 Å². The Balaban J connectivity index is 2.80. The van der Waals surface area contributed by atoms with Gasteiger partial charge >= 0.3 is 0 Å². The average Bonchev–Trinajstić information content (AvgIpc) is 2.07. The number of hydrogen-bond donors (Lipinski definition) is 3. The monoisotopic (exact) mass is 199 g/mol. The van der Waals surface area contributed by atoms with Crippen LogP contribution in [0.1, 0.15) is 5.56 Å². The molecular formula is C8H10FN3S. The molecule has 0 aliphatic heterocycles. The highest BCUT2D eigenvalue weighted by atomic mass is 32.1. The van der Waals surface area contributed by atoms with Crippen molar-refractivity contribution in [3.63, 3.8) is 0 Å². The fourth-order valence-corrected chi connectivity index (χ4v) is 0.970. The Kier molecular flexibility index (Phi) is 3.13. The molecule has 0 fully saturated rings. The molecule has 0 radical (unpaired) electrons. The number of nitrogens with zero attached hydrogens (tertiary/aromatic N) is 1. The van der Waals surface area contributed by atoms with Gasteiger partial charge in [0.15, 0.2) is 5.96 Å².